The zero-order chi connectivity index (χ0) is 12.8. The van der Waals surface area contributed by atoms with Crippen LogP contribution in [-0.4, -0.2) is 24.6 Å². The minimum atomic E-state index is 0.926. The molecule has 1 aliphatic rings. The Bertz CT molecular complexity index is 368. The second-order valence-electron chi connectivity index (χ2n) is 5.14. The molecular formula is C15H25N3. The molecule has 3 nitrogen and oxygen atoms in total. The lowest BCUT2D eigenvalue weighted by Gasteiger charge is -2.25. The highest BCUT2D eigenvalue weighted by Crippen LogP contribution is 2.24. The number of anilines is 1. The Kier molecular flexibility index (Phi) is 5.00. The van der Waals surface area contributed by atoms with Crippen LogP contribution in [0.2, 0.25) is 0 Å². The van der Waals surface area contributed by atoms with Crippen LogP contribution in [0.4, 0.5) is 5.69 Å². The molecule has 1 aromatic heterocycles. The summed E-state index contributed by atoms with van der Waals surface area (Å²) in [5.41, 5.74) is 3.85. The van der Waals surface area contributed by atoms with Crippen LogP contribution in [0.15, 0.2) is 12.3 Å². The number of aromatic nitrogens is 1. The summed E-state index contributed by atoms with van der Waals surface area (Å²) in [6.07, 6.45) is 7.44. The maximum absolute atomic E-state index is 4.44. The molecule has 0 amide bonds. The lowest BCUT2D eigenvalue weighted by molar-refractivity contribution is 0.713. The first kappa shape index (κ1) is 13.3. The summed E-state index contributed by atoms with van der Waals surface area (Å²) in [7, 11) is 0. The fourth-order valence-corrected chi connectivity index (χ4v) is 2.58. The van der Waals surface area contributed by atoms with Gasteiger partial charge in [-0.15, -0.1) is 0 Å². The van der Waals surface area contributed by atoms with E-state index in [1.807, 2.05) is 6.20 Å². The Hall–Kier alpha value is -1.09. The Labute approximate surface area is 111 Å². The Morgan fingerprint density at radius 2 is 1.94 bits per heavy atom. The van der Waals surface area contributed by atoms with E-state index in [0.29, 0.717) is 0 Å². The highest BCUT2D eigenvalue weighted by molar-refractivity contribution is 5.53. The molecule has 0 atom stereocenters. The summed E-state index contributed by atoms with van der Waals surface area (Å²) in [5, 5.41) is 3.41. The summed E-state index contributed by atoms with van der Waals surface area (Å²) in [4.78, 5) is 6.99. The fraction of sp³-hybridized carbons (Fsp3) is 0.667. The number of rotatable bonds is 4. The van der Waals surface area contributed by atoms with Crippen LogP contribution < -0.4 is 10.2 Å². The molecule has 0 spiro atoms. The predicted octanol–water partition coefficient (Wildman–Crippen LogP) is 2.88. The largest absolute Gasteiger partial charge is 0.371 e. The van der Waals surface area contributed by atoms with Crippen molar-refractivity contribution in [1.82, 2.24) is 10.3 Å². The van der Waals surface area contributed by atoms with Gasteiger partial charge in [0.25, 0.3) is 0 Å². The van der Waals surface area contributed by atoms with Crippen molar-refractivity contribution in [3.05, 3.63) is 23.5 Å². The van der Waals surface area contributed by atoms with Crippen LogP contribution in [0.3, 0.4) is 0 Å². The molecule has 100 valence electrons. The number of aryl methyl sites for hydroxylation is 1. The molecule has 18 heavy (non-hydrogen) atoms. The van der Waals surface area contributed by atoms with E-state index in [1.165, 1.54) is 50.0 Å². The second kappa shape index (κ2) is 6.74. The minimum Gasteiger partial charge on any atom is -0.371 e. The van der Waals surface area contributed by atoms with Crippen molar-refractivity contribution in [2.45, 2.75) is 46.1 Å². The SMILES string of the molecule is CCNCc1cnc(C)cc1N1CCCCCC1. The number of hydrogen-bond acceptors (Lipinski definition) is 3. The molecule has 2 heterocycles. The maximum atomic E-state index is 4.44. The smallest absolute Gasteiger partial charge is 0.0445 e. The highest BCUT2D eigenvalue weighted by Gasteiger charge is 2.13. The topological polar surface area (TPSA) is 28.2 Å². The van der Waals surface area contributed by atoms with Gasteiger partial charge < -0.3 is 10.2 Å². The third-order valence-electron chi connectivity index (χ3n) is 3.61. The standard InChI is InChI=1S/C15H25N3/c1-3-16-11-14-12-17-13(2)10-15(14)18-8-6-4-5-7-9-18/h10,12,16H,3-9,11H2,1-2H3. The van der Waals surface area contributed by atoms with Gasteiger partial charge in [0.15, 0.2) is 0 Å². The zero-order valence-corrected chi connectivity index (χ0v) is 11.7. The van der Waals surface area contributed by atoms with Crippen molar-refractivity contribution in [2.75, 3.05) is 24.5 Å². The van der Waals surface area contributed by atoms with Crippen LogP contribution in [0, 0.1) is 6.92 Å². The highest BCUT2D eigenvalue weighted by atomic mass is 15.1. The van der Waals surface area contributed by atoms with Gasteiger partial charge in [-0.25, -0.2) is 0 Å². The number of nitrogens with zero attached hydrogens (tertiary/aromatic N) is 2. The van der Waals surface area contributed by atoms with E-state index in [2.05, 4.69) is 35.1 Å². The lowest BCUT2D eigenvalue weighted by Crippen LogP contribution is -2.26. The van der Waals surface area contributed by atoms with Crippen LogP contribution in [0.1, 0.15) is 43.9 Å². The van der Waals surface area contributed by atoms with E-state index >= 15 is 0 Å². The molecule has 1 fully saturated rings. The zero-order valence-electron chi connectivity index (χ0n) is 11.7. The molecule has 3 heteroatoms. The molecule has 0 unspecified atom stereocenters. The molecule has 0 radical (unpaired) electrons. The lowest BCUT2D eigenvalue weighted by atomic mass is 10.1. The fourth-order valence-electron chi connectivity index (χ4n) is 2.58. The van der Waals surface area contributed by atoms with Gasteiger partial charge in [-0.1, -0.05) is 19.8 Å². The molecule has 0 saturated carbocycles. The summed E-state index contributed by atoms with van der Waals surface area (Å²) in [5.74, 6) is 0. The molecule has 1 saturated heterocycles. The summed E-state index contributed by atoms with van der Waals surface area (Å²) >= 11 is 0. The van der Waals surface area contributed by atoms with Gasteiger partial charge in [-0.05, 0) is 32.4 Å². The Morgan fingerprint density at radius 3 is 2.61 bits per heavy atom. The van der Waals surface area contributed by atoms with Crippen molar-refractivity contribution in [1.29, 1.82) is 0 Å². The second-order valence-corrected chi connectivity index (χ2v) is 5.14. The van der Waals surface area contributed by atoms with Crippen molar-refractivity contribution >= 4 is 5.69 Å². The first-order valence-corrected chi connectivity index (χ1v) is 7.22. The van der Waals surface area contributed by atoms with Crippen molar-refractivity contribution < 1.29 is 0 Å². The summed E-state index contributed by atoms with van der Waals surface area (Å²) < 4.78 is 0. The van der Waals surface area contributed by atoms with E-state index in [0.717, 1.165) is 18.8 Å². The molecule has 1 aromatic rings. The van der Waals surface area contributed by atoms with Crippen LogP contribution in [-0.2, 0) is 6.54 Å². The summed E-state index contributed by atoms with van der Waals surface area (Å²) in [6.45, 7) is 8.56. The van der Waals surface area contributed by atoms with Crippen LogP contribution in [0.5, 0.6) is 0 Å². The van der Waals surface area contributed by atoms with Gasteiger partial charge in [0.05, 0.1) is 0 Å². The van der Waals surface area contributed by atoms with Crippen molar-refractivity contribution in [2.24, 2.45) is 0 Å². The van der Waals surface area contributed by atoms with Crippen molar-refractivity contribution in [3.63, 3.8) is 0 Å². The molecule has 0 aromatic carbocycles. The number of pyridine rings is 1. The first-order valence-electron chi connectivity index (χ1n) is 7.22. The molecule has 1 N–H and O–H groups in total. The molecule has 2 rings (SSSR count). The average molecular weight is 247 g/mol. The van der Waals surface area contributed by atoms with E-state index in [4.69, 9.17) is 0 Å². The maximum Gasteiger partial charge on any atom is 0.0445 e. The third-order valence-corrected chi connectivity index (χ3v) is 3.61. The van der Waals surface area contributed by atoms with Gasteiger partial charge in [0, 0.05) is 42.8 Å². The van der Waals surface area contributed by atoms with Crippen LogP contribution >= 0.6 is 0 Å². The van der Waals surface area contributed by atoms with E-state index in [1.54, 1.807) is 0 Å². The Balaban J connectivity index is 2.19. The first-order chi connectivity index (χ1) is 8.81. The van der Waals surface area contributed by atoms with Crippen molar-refractivity contribution in [3.8, 4) is 0 Å². The van der Waals surface area contributed by atoms with Gasteiger partial charge >= 0.3 is 0 Å². The van der Waals surface area contributed by atoms with Gasteiger partial charge in [0.1, 0.15) is 0 Å². The molecule has 0 aliphatic carbocycles. The minimum absolute atomic E-state index is 0.926. The average Bonchev–Trinajstić information content (AvgIpc) is 2.66. The number of nitrogens with one attached hydrogen (secondary N) is 1. The van der Waals surface area contributed by atoms with Crippen LogP contribution in [0.25, 0.3) is 0 Å². The normalized spacial score (nSPS) is 16.7. The molecule has 0 bridgehead atoms. The van der Waals surface area contributed by atoms with E-state index < -0.39 is 0 Å². The molecular weight excluding hydrogens is 222 g/mol. The van der Waals surface area contributed by atoms with E-state index in [-0.39, 0.29) is 0 Å². The van der Waals surface area contributed by atoms with Gasteiger partial charge in [-0.3, -0.25) is 4.98 Å². The Morgan fingerprint density at radius 1 is 1.22 bits per heavy atom. The van der Waals surface area contributed by atoms with Gasteiger partial charge in [0.2, 0.25) is 0 Å². The van der Waals surface area contributed by atoms with E-state index in [9.17, 15) is 0 Å². The monoisotopic (exact) mass is 247 g/mol. The van der Waals surface area contributed by atoms with Gasteiger partial charge in [-0.2, -0.15) is 0 Å². The quantitative estimate of drug-likeness (QED) is 0.886. The summed E-state index contributed by atoms with van der Waals surface area (Å²) in [6, 6.07) is 2.25. The number of hydrogen-bond donors (Lipinski definition) is 1. The third kappa shape index (κ3) is 3.45. The predicted molar refractivity (Wildman–Crippen MR) is 77.0 cm³/mol. The molecule has 1 aliphatic heterocycles.